The first-order valence-corrected chi connectivity index (χ1v) is 2.86. The fourth-order valence-electron chi connectivity index (χ4n) is 0.693. The molecule has 56 valence electrons. The summed E-state index contributed by atoms with van der Waals surface area (Å²) in [5.74, 6) is 0.162. The first-order valence-electron chi connectivity index (χ1n) is 2.86. The minimum absolute atomic E-state index is 0.153. The summed E-state index contributed by atoms with van der Waals surface area (Å²) in [7, 11) is 1.45. The molecule has 1 heterocycles. The van der Waals surface area contributed by atoms with E-state index in [4.69, 9.17) is 10.5 Å². The second kappa shape index (κ2) is 2.66. The monoisotopic (exact) mass is 143 g/mol. The summed E-state index contributed by atoms with van der Waals surface area (Å²) in [6.45, 7) is 0. The number of hydrogen-bond donors (Lipinski definition) is 2. The second-order valence-corrected chi connectivity index (χ2v) is 1.95. The van der Waals surface area contributed by atoms with Crippen molar-refractivity contribution >= 4 is 11.7 Å². The van der Waals surface area contributed by atoms with E-state index in [1.165, 1.54) is 7.11 Å². The van der Waals surface area contributed by atoms with E-state index in [9.17, 15) is 4.79 Å². The molecule has 0 spiro atoms. The summed E-state index contributed by atoms with van der Waals surface area (Å²) in [4.78, 5) is 14.5. The lowest BCUT2D eigenvalue weighted by atomic mass is 10.3. The Balaban J connectivity index is 2.63. The van der Waals surface area contributed by atoms with E-state index < -0.39 is 6.35 Å². The molecule has 0 saturated heterocycles. The molecule has 0 aromatic heterocycles. The maximum absolute atomic E-state index is 10.7. The van der Waals surface area contributed by atoms with Crippen molar-refractivity contribution in [2.45, 2.75) is 12.8 Å². The molecule has 1 aliphatic rings. The zero-order valence-corrected chi connectivity index (χ0v) is 5.63. The van der Waals surface area contributed by atoms with Gasteiger partial charge >= 0.3 is 0 Å². The lowest BCUT2D eigenvalue weighted by molar-refractivity contribution is -0.124. The number of hydrogen-bond acceptors (Lipinski definition) is 4. The van der Waals surface area contributed by atoms with Crippen LogP contribution in [0.4, 0.5) is 0 Å². The Bertz CT molecular complexity index is 178. The largest absolute Gasteiger partial charge is 0.387 e. The van der Waals surface area contributed by atoms with Gasteiger partial charge in [0, 0.05) is 7.11 Å². The minimum atomic E-state index is -0.596. The molecule has 0 aromatic rings. The molecule has 0 saturated carbocycles. The highest BCUT2D eigenvalue weighted by atomic mass is 16.5. The van der Waals surface area contributed by atoms with E-state index in [0.717, 1.165) is 0 Å². The molecule has 0 aliphatic carbocycles. The Hall–Kier alpha value is -1.10. The van der Waals surface area contributed by atoms with Crippen LogP contribution in [-0.2, 0) is 9.53 Å². The van der Waals surface area contributed by atoms with E-state index >= 15 is 0 Å². The Morgan fingerprint density at radius 1 is 1.90 bits per heavy atom. The van der Waals surface area contributed by atoms with Gasteiger partial charge in [-0.15, -0.1) is 0 Å². The fraction of sp³-hybridized carbons (Fsp3) is 0.600. The van der Waals surface area contributed by atoms with Crippen LogP contribution in [0.1, 0.15) is 6.42 Å². The third-order valence-electron chi connectivity index (χ3n) is 1.13. The Labute approximate surface area is 58.3 Å². The highest BCUT2D eigenvalue weighted by Crippen LogP contribution is 1.96. The van der Waals surface area contributed by atoms with Gasteiger partial charge in [-0.3, -0.25) is 4.79 Å². The average molecular weight is 143 g/mol. The van der Waals surface area contributed by atoms with Gasteiger partial charge in [-0.1, -0.05) is 0 Å². The highest BCUT2D eigenvalue weighted by Gasteiger charge is 2.16. The van der Waals surface area contributed by atoms with Crippen LogP contribution in [0.3, 0.4) is 0 Å². The van der Waals surface area contributed by atoms with Gasteiger partial charge in [-0.2, -0.15) is 0 Å². The van der Waals surface area contributed by atoms with Gasteiger partial charge in [0.2, 0.25) is 12.3 Å². The van der Waals surface area contributed by atoms with Gasteiger partial charge in [0.25, 0.3) is 0 Å². The van der Waals surface area contributed by atoms with E-state index in [0.29, 0.717) is 5.84 Å². The zero-order valence-electron chi connectivity index (χ0n) is 5.63. The fourth-order valence-corrected chi connectivity index (χ4v) is 0.693. The normalized spacial score (nSPS) is 25.5. The number of aliphatic imine (C=N–C) groups is 1. The third-order valence-corrected chi connectivity index (χ3v) is 1.13. The predicted octanol–water partition coefficient (Wildman–Crippen LogP) is -1.21. The molecule has 0 fully saturated rings. The molecule has 1 atom stereocenters. The topological polar surface area (TPSA) is 76.7 Å². The van der Waals surface area contributed by atoms with Crippen LogP contribution in [0, 0.1) is 0 Å². The van der Waals surface area contributed by atoms with Crippen molar-refractivity contribution in [2.24, 2.45) is 10.7 Å². The summed E-state index contributed by atoms with van der Waals surface area (Å²) in [5.41, 5.74) is 5.30. The van der Waals surface area contributed by atoms with Crippen molar-refractivity contribution in [3.8, 4) is 0 Å². The summed E-state index contributed by atoms with van der Waals surface area (Å²) in [6, 6.07) is 0. The number of nitrogens with zero attached hydrogens (tertiary/aromatic N) is 1. The molecule has 5 heteroatoms. The number of carbonyl (C=O) groups is 1. The van der Waals surface area contributed by atoms with Crippen LogP contribution in [-0.4, -0.2) is 25.2 Å². The standard InChI is InChI=1S/C5H9N3O2/c1-10-5-7-3(6)2-4(9)8-5/h5H,2H2,1H3,(H2,6,7)(H,8,9)/t5-/m1/s1. The smallest absolute Gasteiger partial charge is 0.231 e. The van der Waals surface area contributed by atoms with Crippen molar-refractivity contribution in [2.75, 3.05) is 7.11 Å². The van der Waals surface area contributed by atoms with Gasteiger partial charge in [0.05, 0.1) is 6.42 Å². The molecule has 1 amide bonds. The lowest BCUT2D eigenvalue weighted by Gasteiger charge is -2.17. The number of carbonyl (C=O) groups excluding carboxylic acids is 1. The van der Waals surface area contributed by atoms with Crippen molar-refractivity contribution in [1.82, 2.24) is 5.32 Å². The van der Waals surface area contributed by atoms with Crippen molar-refractivity contribution in [3.05, 3.63) is 0 Å². The molecule has 5 nitrogen and oxygen atoms in total. The van der Waals surface area contributed by atoms with Gasteiger partial charge in [0.15, 0.2) is 0 Å². The summed E-state index contributed by atoms with van der Waals surface area (Å²) >= 11 is 0. The number of rotatable bonds is 1. The Kier molecular flexibility index (Phi) is 1.86. The number of ether oxygens (including phenoxy) is 1. The molecular formula is C5H9N3O2. The average Bonchev–Trinajstić information content (AvgIpc) is 1.85. The van der Waals surface area contributed by atoms with Crippen LogP contribution in [0.15, 0.2) is 4.99 Å². The molecule has 0 aromatic carbocycles. The van der Waals surface area contributed by atoms with Crippen LogP contribution in [0.25, 0.3) is 0 Å². The second-order valence-electron chi connectivity index (χ2n) is 1.95. The minimum Gasteiger partial charge on any atom is -0.387 e. The SMILES string of the molecule is CO[C@@H]1N=C(N)CC(=O)N1. The van der Waals surface area contributed by atoms with E-state index in [2.05, 4.69) is 10.3 Å². The third kappa shape index (κ3) is 1.44. The van der Waals surface area contributed by atoms with Crippen LogP contribution in [0.5, 0.6) is 0 Å². The van der Waals surface area contributed by atoms with Gasteiger partial charge in [-0.25, -0.2) is 4.99 Å². The van der Waals surface area contributed by atoms with E-state index in [1.54, 1.807) is 0 Å². The first-order chi connectivity index (χ1) is 4.72. The van der Waals surface area contributed by atoms with Crippen molar-refractivity contribution < 1.29 is 9.53 Å². The van der Waals surface area contributed by atoms with Crippen LogP contribution in [0.2, 0.25) is 0 Å². The van der Waals surface area contributed by atoms with Crippen LogP contribution >= 0.6 is 0 Å². The molecule has 0 unspecified atom stereocenters. The summed E-state index contributed by atoms with van der Waals surface area (Å²) < 4.78 is 4.73. The summed E-state index contributed by atoms with van der Waals surface area (Å²) in [6.07, 6.45) is -0.430. The van der Waals surface area contributed by atoms with E-state index in [1.807, 2.05) is 0 Å². The number of nitrogens with one attached hydrogen (secondary N) is 1. The molecule has 1 aliphatic heterocycles. The van der Waals surface area contributed by atoms with Gasteiger partial charge in [-0.05, 0) is 0 Å². The number of amidine groups is 1. The summed E-state index contributed by atoms with van der Waals surface area (Å²) in [5, 5.41) is 2.47. The Morgan fingerprint density at radius 2 is 2.60 bits per heavy atom. The van der Waals surface area contributed by atoms with Crippen molar-refractivity contribution in [3.63, 3.8) is 0 Å². The van der Waals surface area contributed by atoms with Crippen molar-refractivity contribution in [1.29, 1.82) is 0 Å². The molecule has 1 rings (SSSR count). The highest BCUT2D eigenvalue weighted by molar-refractivity contribution is 6.00. The number of nitrogens with two attached hydrogens (primary N) is 1. The molecule has 10 heavy (non-hydrogen) atoms. The van der Waals surface area contributed by atoms with Gasteiger partial charge < -0.3 is 15.8 Å². The van der Waals surface area contributed by atoms with Gasteiger partial charge in [0.1, 0.15) is 5.84 Å². The Morgan fingerprint density at radius 3 is 3.10 bits per heavy atom. The predicted molar refractivity (Wildman–Crippen MR) is 35.2 cm³/mol. The molecule has 3 N–H and O–H groups in total. The maximum Gasteiger partial charge on any atom is 0.231 e. The molecular weight excluding hydrogens is 134 g/mol. The lowest BCUT2D eigenvalue weighted by Crippen LogP contribution is -2.42. The zero-order chi connectivity index (χ0) is 7.56. The molecule has 0 bridgehead atoms. The first kappa shape index (κ1) is 7.01. The number of methoxy groups -OCH3 is 1. The molecule has 0 radical (unpaired) electrons. The van der Waals surface area contributed by atoms with E-state index in [-0.39, 0.29) is 12.3 Å². The maximum atomic E-state index is 10.7. The number of amides is 1. The van der Waals surface area contributed by atoms with Crippen LogP contribution < -0.4 is 11.1 Å². The quantitative estimate of drug-likeness (QED) is 0.483.